The zero-order valence-electron chi connectivity index (χ0n) is 19.3. The Hall–Kier alpha value is -1.44. The lowest BCUT2D eigenvalue weighted by Crippen LogP contribution is -2.46. The average molecular weight is 433 g/mol. The molecule has 5 nitrogen and oxygen atoms in total. The van der Waals surface area contributed by atoms with E-state index < -0.39 is 14.1 Å². The van der Waals surface area contributed by atoms with E-state index in [1.165, 1.54) is 0 Å². The summed E-state index contributed by atoms with van der Waals surface area (Å²) < 4.78 is 30.8. The third-order valence-corrected chi connectivity index (χ3v) is 10.5. The molecule has 0 spiro atoms. The van der Waals surface area contributed by atoms with E-state index in [0.29, 0.717) is 13.2 Å². The van der Waals surface area contributed by atoms with Crippen LogP contribution in [0.2, 0.25) is 18.1 Å². The number of benzene rings is 1. The van der Waals surface area contributed by atoms with Gasteiger partial charge in [0.15, 0.2) is 14.1 Å². The molecule has 1 aliphatic heterocycles. The molecular formula is C24H36O5Si. The first-order valence-corrected chi connectivity index (χ1v) is 13.6. The van der Waals surface area contributed by atoms with Crippen LogP contribution in [0.25, 0.3) is 0 Å². The van der Waals surface area contributed by atoms with Gasteiger partial charge in [-0.1, -0.05) is 51.1 Å². The molecule has 0 radical (unpaired) electrons. The Labute approximate surface area is 181 Å². The van der Waals surface area contributed by atoms with E-state index in [4.69, 9.17) is 23.1 Å². The molecule has 2 heterocycles. The molecule has 0 N–H and O–H groups in total. The Balaban J connectivity index is 1.78. The molecule has 0 bridgehead atoms. The molecule has 0 saturated carbocycles. The van der Waals surface area contributed by atoms with Crippen LogP contribution in [0, 0.1) is 0 Å². The molecule has 1 aromatic heterocycles. The van der Waals surface area contributed by atoms with Gasteiger partial charge >= 0.3 is 0 Å². The monoisotopic (exact) mass is 432 g/mol. The quantitative estimate of drug-likeness (QED) is 0.473. The summed E-state index contributed by atoms with van der Waals surface area (Å²) in [6.07, 6.45) is 2.61. The second kappa shape index (κ2) is 8.97. The molecule has 0 aliphatic carbocycles. The molecule has 166 valence electrons. The van der Waals surface area contributed by atoms with Gasteiger partial charge in [0, 0.05) is 5.56 Å². The Morgan fingerprint density at radius 1 is 1.07 bits per heavy atom. The van der Waals surface area contributed by atoms with Crippen LogP contribution in [0.1, 0.15) is 51.8 Å². The maximum absolute atomic E-state index is 6.84. The minimum Gasteiger partial charge on any atom is -0.472 e. The van der Waals surface area contributed by atoms with Gasteiger partial charge in [0.2, 0.25) is 0 Å². The number of furan rings is 1. The normalized spacial score (nSPS) is 22.9. The lowest BCUT2D eigenvalue weighted by atomic mass is 10.0. The van der Waals surface area contributed by atoms with E-state index in [1.807, 2.05) is 38.1 Å². The van der Waals surface area contributed by atoms with E-state index in [1.54, 1.807) is 12.5 Å². The summed E-state index contributed by atoms with van der Waals surface area (Å²) in [5.41, 5.74) is 2.11. The predicted octanol–water partition coefficient (Wildman–Crippen LogP) is 6.08. The van der Waals surface area contributed by atoms with Crippen LogP contribution in [0.5, 0.6) is 0 Å². The van der Waals surface area contributed by atoms with Gasteiger partial charge in [-0.3, -0.25) is 0 Å². The Morgan fingerprint density at radius 2 is 1.77 bits per heavy atom. The summed E-state index contributed by atoms with van der Waals surface area (Å²) >= 11 is 0. The van der Waals surface area contributed by atoms with Gasteiger partial charge < -0.3 is 23.1 Å². The first kappa shape index (κ1) is 23.2. The maximum atomic E-state index is 6.84. The minimum absolute atomic E-state index is 0.0727. The van der Waals surface area contributed by atoms with E-state index in [2.05, 4.69) is 46.0 Å². The summed E-state index contributed by atoms with van der Waals surface area (Å²) in [4.78, 5) is 0. The third-order valence-electron chi connectivity index (χ3n) is 6.01. The van der Waals surface area contributed by atoms with E-state index >= 15 is 0 Å². The Morgan fingerprint density at radius 3 is 2.37 bits per heavy atom. The van der Waals surface area contributed by atoms with Crippen molar-refractivity contribution < 1.29 is 23.1 Å². The van der Waals surface area contributed by atoms with Gasteiger partial charge in [0.05, 0.1) is 25.7 Å². The standard InChI is InChI=1S/C24H36O5Si/c1-23(2,3)30(6,7)29-21(19-13-14-25-16-19)22-20(27-24(4,5)28-22)17-26-15-18-11-9-8-10-12-18/h8-14,16,20-22H,15,17H2,1-7H3/t20-,21?,22+/m0/s1. The predicted molar refractivity (Wildman–Crippen MR) is 120 cm³/mol. The zero-order chi connectivity index (χ0) is 22.0. The number of ether oxygens (including phenoxy) is 3. The molecule has 3 rings (SSSR count). The smallest absolute Gasteiger partial charge is 0.193 e. The molecule has 6 heteroatoms. The van der Waals surface area contributed by atoms with Crippen LogP contribution in [-0.4, -0.2) is 32.9 Å². The lowest BCUT2D eigenvalue weighted by Gasteiger charge is -2.41. The molecule has 1 aliphatic rings. The Bertz CT molecular complexity index is 780. The topological polar surface area (TPSA) is 50.1 Å². The fraction of sp³-hybridized carbons (Fsp3) is 0.583. The first-order chi connectivity index (χ1) is 14.0. The van der Waals surface area contributed by atoms with Gasteiger partial charge in [-0.15, -0.1) is 0 Å². The molecule has 30 heavy (non-hydrogen) atoms. The summed E-state index contributed by atoms with van der Waals surface area (Å²) in [5.74, 6) is -0.704. The highest BCUT2D eigenvalue weighted by Gasteiger charge is 2.49. The lowest BCUT2D eigenvalue weighted by molar-refractivity contribution is -0.157. The summed E-state index contributed by atoms with van der Waals surface area (Å²) in [6.45, 7) is 16.1. The van der Waals surface area contributed by atoms with Gasteiger partial charge in [-0.25, -0.2) is 0 Å². The van der Waals surface area contributed by atoms with Crippen molar-refractivity contribution in [2.24, 2.45) is 0 Å². The highest BCUT2D eigenvalue weighted by atomic mass is 28.4. The minimum atomic E-state index is -2.07. The van der Waals surface area contributed by atoms with Gasteiger partial charge in [-0.05, 0) is 43.6 Å². The molecule has 1 aromatic carbocycles. The summed E-state index contributed by atoms with van der Waals surface area (Å²) in [5, 5.41) is 0.0727. The molecule has 2 aromatic rings. The van der Waals surface area contributed by atoms with Crippen LogP contribution in [-0.2, 0) is 25.2 Å². The number of hydrogen-bond acceptors (Lipinski definition) is 5. The van der Waals surface area contributed by atoms with Crippen molar-refractivity contribution in [1.82, 2.24) is 0 Å². The molecule has 3 atom stereocenters. The first-order valence-electron chi connectivity index (χ1n) is 10.7. The van der Waals surface area contributed by atoms with E-state index in [-0.39, 0.29) is 23.4 Å². The largest absolute Gasteiger partial charge is 0.472 e. The fourth-order valence-corrected chi connectivity index (χ4v) is 4.63. The zero-order valence-corrected chi connectivity index (χ0v) is 20.3. The van der Waals surface area contributed by atoms with Gasteiger partial charge in [0.1, 0.15) is 18.3 Å². The van der Waals surface area contributed by atoms with Crippen LogP contribution >= 0.6 is 0 Å². The van der Waals surface area contributed by atoms with Gasteiger partial charge in [0.25, 0.3) is 0 Å². The number of hydrogen-bond donors (Lipinski definition) is 0. The average Bonchev–Trinajstić information content (AvgIpc) is 3.27. The van der Waals surface area contributed by atoms with E-state index in [9.17, 15) is 0 Å². The third kappa shape index (κ3) is 5.62. The van der Waals surface area contributed by atoms with Crippen LogP contribution < -0.4 is 0 Å². The van der Waals surface area contributed by atoms with Crippen molar-refractivity contribution in [2.75, 3.05) is 6.61 Å². The van der Waals surface area contributed by atoms with E-state index in [0.717, 1.165) is 11.1 Å². The summed E-state index contributed by atoms with van der Waals surface area (Å²) in [7, 11) is -2.07. The van der Waals surface area contributed by atoms with Gasteiger partial charge in [-0.2, -0.15) is 0 Å². The highest BCUT2D eigenvalue weighted by Crippen LogP contribution is 2.44. The Kier molecular flexibility index (Phi) is 6.94. The number of rotatable bonds is 8. The van der Waals surface area contributed by atoms with Crippen molar-refractivity contribution in [3.05, 3.63) is 60.1 Å². The molecule has 1 fully saturated rings. The van der Waals surface area contributed by atoms with Crippen LogP contribution in [0.3, 0.4) is 0 Å². The van der Waals surface area contributed by atoms with Crippen molar-refractivity contribution >= 4 is 8.32 Å². The second-order valence-corrected chi connectivity index (χ2v) is 14.8. The fourth-order valence-electron chi connectivity index (χ4n) is 3.37. The molecule has 1 unspecified atom stereocenters. The van der Waals surface area contributed by atoms with Crippen molar-refractivity contribution in [2.45, 2.75) is 83.5 Å². The van der Waals surface area contributed by atoms with Crippen molar-refractivity contribution in [1.29, 1.82) is 0 Å². The molecule has 1 saturated heterocycles. The highest BCUT2D eigenvalue weighted by molar-refractivity contribution is 6.74. The molecule has 0 amide bonds. The molecular weight excluding hydrogens is 396 g/mol. The summed E-state index contributed by atoms with van der Waals surface area (Å²) in [6, 6.07) is 12.1. The van der Waals surface area contributed by atoms with Crippen molar-refractivity contribution in [3.63, 3.8) is 0 Å². The SMILES string of the molecule is CC1(C)O[C@@H](COCc2ccccc2)[C@H](C(O[Si](C)(C)C(C)(C)C)c2ccoc2)O1. The van der Waals surface area contributed by atoms with Crippen LogP contribution in [0.15, 0.2) is 53.3 Å². The second-order valence-electron chi connectivity index (χ2n) is 9.99. The van der Waals surface area contributed by atoms with Crippen molar-refractivity contribution in [3.8, 4) is 0 Å². The van der Waals surface area contributed by atoms with Crippen LogP contribution in [0.4, 0.5) is 0 Å². The maximum Gasteiger partial charge on any atom is 0.193 e.